The average molecular weight is 450 g/mol. The Morgan fingerprint density at radius 2 is 1.59 bits per heavy atom. The number of anilines is 1. The maximum absolute atomic E-state index is 13.3. The summed E-state index contributed by atoms with van der Waals surface area (Å²) in [6.07, 6.45) is 0.651. The summed E-state index contributed by atoms with van der Waals surface area (Å²) < 4.78 is 28.0. The Balaban J connectivity index is 1.57. The Morgan fingerprint density at radius 3 is 2.28 bits per heavy atom. The summed E-state index contributed by atoms with van der Waals surface area (Å²) in [5.41, 5.74) is 8.56. The molecule has 32 heavy (non-hydrogen) atoms. The Hall–Kier alpha value is -3.49. The molecule has 8 heteroatoms. The zero-order valence-electron chi connectivity index (χ0n) is 17.6. The van der Waals surface area contributed by atoms with E-state index in [0.717, 1.165) is 11.1 Å². The summed E-state index contributed by atoms with van der Waals surface area (Å²) >= 11 is 0. The Kier molecular flexibility index (Phi) is 5.82. The van der Waals surface area contributed by atoms with Gasteiger partial charge in [-0.2, -0.15) is 4.31 Å². The van der Waals surface area contributed by atoms with Crippen molar-refractivity contribution in [1.82, 2.24) is 4.31 Å². The fourth-order valence-corrected chi connectivity index (χ4v) is 5.24. The van der Waals surface area contributed by atoms with E-state index in [0.29, 0.717) is 30.8 Å². The molecule has 3 aromatic rings. The molecule has 1 aliphatic rings. The van der Waals surface area contributed by atoms with Gasteiger partial charge in [0, 0.05) is 37.0 Å². The molecule has 0 saturated heterocycles. The van der Waals surface area contributed by atoms with Gasteiger partial charge in [-0.15, -0.1) is 0 Å². The molecule has 0 atom stereocenters. The van der Waals surface area contributed by atoms with Crippen molar-refractivity contribution >= 4 is 27.5 Å². The number of rotatable bonds is 5. The van der Waals surface area contributed by atoms with E-state index in [9.17, 15) is 18.0 Å². The van der Waals surface area contributed by atoms with Crippen LogP contribution in [-0.2, 0) is 23.0 Å². The highest BCUT2D eigenvalue weighted by molar-refractivity contribution is 7.89. The Bertz CT molecular complexity index is 1290. The zero-order valence-corrected chi connectivity index (χ0v) is 18.4. The van der Waals surface area contributed by atoms with Gasteiger partial charge in [-0.25, -0.2) is 8.42 Å². The summed E-state index contributed by atoms with van der Waals surface area (Å²) in [4.78, 5) is 25.7. The van der Waals surface area contributed by atoms with Crippen LogP contribution in [0.25, 0.3) is 0 Å². The van der Waals surface area contributed by atoms with Gasteiger partial charge in [0.1, 0.15) is 0 Å². The Morgan fingerprint density at radius 1 is 0.906 bits per heavy atom. The maximum Gasteiger partial charge on any atom is 0.258 e. The molecule has 0 aromatic heterocycles. The third-order valence-corrected chi connectivity index (χ3v) is 7.50. The third kappa shape index (κ3) is 4.15. The van der Waals surface area contributed by atoms with Gasteiger partial charge in [0.25, 0.3) is 5.91 Å². The first-order valence-electron chi connectivity index (χ1n) is 10.1. The zero-order chi connectivity index (χ0) is 22.9. The molecule has 1 aliphatic heterocycles. The second-order valence-corrected chi connectivity index (χ2v) is 9.60. The largest absolute Gasteiger partial charge is 0.366 e. The van der Waals surface area contributed by atoms with Crippen molar-refractivity contribution in [1.29, 1.82) is 0 Å². The van der Waals surface area contributed by atoms with Gasteiger partial charge < -0.3 is 10.6 Å². The van der Waals surface area contributed by atoms with E-state index in [2.05, 4.69) is 0 Å². The first-order chi connectivity index (χ1) is 15.3. The van der Waals surface area contributed by atoms with Crippen molar-refractivity contribution in [2.45, 2.75) is 17.9 Å². The molecule has 7 nitrogen and oxygen atoms in total. The lowest BCUT2D eigenvalue weighted by atomic mass is 10.0. The first kappa shape index (κ1) is 21.7. The molecule has 2 amide bonds. The standard InChI is InChI=1S/C24H23N3O4S/c1-26(21-11-9-18(10-12-21)23(25)28)24(29)19-7-4-8-22(15-19)32(30,31)27-14-13-17-5-2-3-6-20(17)16-27/h2-12,15H,13-14,16H2,1H3,(H2,25,28). The summed E-state index contributed by atoms with van der Waals surface area (Å²) in [5, 5.41) is 0. The van der Waals surface area contributed by atoms with Crippen molar-refractivity contribution in [2.75, 3.05) is 18.5 Å². The number of nitrogens with zero attached hydrogens (tertiary/aromatic N) is 2. The number of benzene rings is 3. The van der Waals surface area contributed by atoms with Crippen LogP contribution in [0.2, 0.25) is 0 Å². The molecule has 0 bridgehead atoms. The lowest BCUT2D eigenvalue weighted by molar-refractivity contribution is 0.0989. The van der Waals surface area contributed by atoms with Crippen LogP contribution in [0.1, 0.15) is 31.8 Å². The van der Waals surface area contributed by atoms with Gasteiger partial charge in [-0.1, -0.05) is 30.3 Å². The van der Waals surface area contributed by atoms with Crippen molar-refractivity contribution in [3.63, 3.8) is 0 Å². The van der Waals surface area contributed by atoms with Gasteiger partial charge in [0.2, 0.25) is 15.9 Å². The second kappa shape index (κ2) is 8.57. The highest BCUT2D eigenvalue weighted by Gasteiger charge is 2.29. The van der Waals surface area contributed by atoms with Crippen molar-refractivity contribution in [3.05, 3.63) is 95.1 Å². The van der Waals surface area contributed by atoms with E-state index in [1.54, 1.807) is 31.3 Å². The third-order valence-electron chi connectivity index (χ3n) is 5.66. The summed E-state index contributed by atoms with van der Waals surface area (Å²) in [6, 6.07) is 20.2. The van der Waals surface area contributed by atoms with Crippen LogP contribution in [-0.4, -0.2) is 38.1 Å². The minimum atomic E-state index is -3.76. The van der Waals surface area contributed by atoms with E-state index < -0.39 is 15.9 Å². The van der Waals surface area contributed by atoms with Gasteiger partial charge in [0.15, 0.2) is 0 Å². The summed E-state index contributed by atoms with van der Waals surface area (Å²) in [6.45, 7) is 0.701. The molecule has 3 aromatic carbocycles. The van der Waals surface area contributed by atoms with Gasteiger partial charge in [0.05, 0.1) is 4.90 Å². The number of hydrogen-bond donors (Lipinski definition) is 1. The van der Waals surface area contributed by atoms with Crippen LogP contribution >= 0.6 is 0 Å². The highest BCUT2D eigenvalue weighted by Crippen LogP contribution is 2.26. The number of fused-ring (bicyclic) bond motifs is 1. The fourth-order valence-electron chi connectivity index (χ4n) is 3.77. The van der Waals surface area contributed by atoms with Crippen LogP contribution < -0.4 is 10.6 Å². The predicted octanol–water partition coefficient (Wildman–Crippen LogP) is 2.81. The molecule has 164 valence electrons. The smallest absolute Gasteiger partial charge is 0.258 e. The SMILES string of the molecule is CN(C(=O)c1cccc(S(=O)(=O)N2CCc3ccccc3C2)c1)c1ccc(C(N)=O)cc1. The number of hydrogen-bond acceptors (Lipinski definition) is 4. The average Bonchev–Trinajstić information content (AvgIpc) is 2.83. The van der Waals surface area contributed by atoms with Crippen LogP contribution in [0.5, 0.6) is 0 Å². The number of sulfonamides is 1. The molecule has 2 N–H and O–H groups in total. The maximum atomic E-state index is 13.3. The van der Waals surface area contributed by atoms with E-state index >= 15 is 0 Å². The molecule has 4 rings (SSSR count). The lowest BCUT2D eigenvalue weighted by Gasteiger charge is -2.28. The quantitative estimate of drug-likeness (QED) is 0.647. The van der Waals surface area contributed by atoms with Crippen molar-refractivity contribution in [2.24, 2.45) is 5.73 Å². The van der Waals surface area contributed by atoms with Gasteiger partial charge >= 0.3 is 0 Å². The molecule has 1 heterocycles. The van der Waals surface area contributed by atoms with Gasteiger partial charge in [-0.05, 0) is 60.0 Å². The van der Waals surface area contributed by atoms with Crippen LogP contribution in [0.4, 0.5) is 5.69 Å². The van der Waals surface area contributed by atoms with E-state index in [1.807, 2.05) is 24.3 Å². The molecule has 0 unspecified atom stereocenters. The van der Waals surface area contributed by atoms with Crippen molar-refractivity contribution < 1.29 is 18.0 Å². The normalized spacial score (nSPS) is 13.9. The van der Waals surface area contributed by atoms with E-state index in [1.165, 1.54) is 33.5 Å². The molecule has 0 spiro atoms. The number of carbonyl (C=O) groups excluding carboxylic acids is 2. The molecule has 0 aliphatic carbocycles. The van der Waals surface area contributed by atoms with Crippen LogP contribution in [0.3, 0.4) is 0 Å². The molecule has 0 fully saturated rings. The fraction of sp³-hybridized carbons (Fsp3) is 0.167. The second-order valence-electron chi connectivity index (χ2n) is 7.66. The van der Waals surface area contributed by atoms with Gasteiger partial charge in [-0.3, -0.25) is 9.59 Å². The van der Waals surface area contributed by atoms with Crippen LogP contribution in [0, 0.1) is 0 Å². The van der Waals surface area contributed by atoms with Crippen LogP contribution in [0.15, 0.2) is 77.7 Å². The number of primary amides is 1. The topological polar surface area (TPSA) is 101 Å². The summed E-state index contributed by atoms with van der Waals surface area (Å²) in [5.74, 6) is -0.915. The molecular weight excluding hydrogens is 426 g/mol. The number of amides is 2. The number of nitrogens with two attached hydrogens (primary N) is 1. The minimum Gasteiger partial charge on any atom is -0.366 e. The Labute approximate surface area is 187 Å². The van der Waals surface area contributed by atoms with E-state index in [-0.39, 0.29) is 16.4 Å². The minimum absolute atomic E-state index is 0.0835. The summed E-state index contributed by atoms with van der Waals surface area (Å²) in [7, 11) is -2.17. The molecular formula is C24H23N3O4S. The highest BCUT2D eigenvalue weighted by atomic mass is 32.2. The predicted molar refractivity (Wildman–Crippen MR) is 122 cm³/mol. The number of carbonyl (C=O) groups is 2. The lowest BCUT2D eigenvalue weighted by Crippen LogP contribution is -2.36. The first-order valence-corrected chi connectivity index (χ1v) is 11.6. The monoisotopic (exact) mass is 449 g/mol. The molecule has 0 saturated carbocycles. The van der Waals surface area contributed by atoms with Crippen molar-refractivity contribution in [3.8, 4) is 0 Å². The molecule has 0 radical (unpaired) electrons. The van der Waals surface area contributed by atoms with E-state index in [4.69, 9.17) is 5.73 Å².